The molecule has 2 heterocycles. The molecule has 0 aromatic rings. The largest absolute Gasteiger partial charge is 0.436 e. The number of nitrogens with two attached hydrogens (primary N) is 1. The average Bonchev–Trinajstić information content (AvgIpc) is 2.75. The first-order valence-electron chi connectivity index (χ1n) is 11.6. The Morgan fingerprint density at radius 2 is 1.63 bits per heavy atom. The van der Waals surface area contributed by atoms with Gasteiger partial charge in [0.2, 0.25) is 0 Å². The van der Waals surface area contributed by atoms with Crippen molar-refractivity contribution >= 4 is 12.1 Å². The van der Waals surface area contributed by atoms with E-state index < -0.39 is 0 Å². The van der Waals surface area contributed by atoms with Gasteiger partial charge in [-0.25, -0.2) is 9.59 Å². The first-order chi connectivity index (χ1) is 14.4. The summed E-state index contributed by atoms with van der Waals surface area (Å²) in [7, 11) is 0. The van der Waals surface area contributed by atoms with Gasteiger partial charge in [0.25, 0.3) is 0 Å². The van der Waals surface area contributed by atoms with Gasteiger partial charge < -0.3 is 20.3 Å². The van der Waals surface area contributed by atoms with Crippen LogP contribution in [0.5, 0.6) is 0 Å². The molecule has 0 radical (unpaired) electrons. The second kappa shape index (κ2) is 10.4. The molecule has 0 bridgehead atoms. The number of hydrogen-bond acceptors (Lipinski definition) is 4. The topological polar surface area (TPSA) is 79.1 Å². The summed E-state index contributed by atoms with van der Waals surface area (Å²) < 4.78 is 5.21. The fourth-order valence-corrected chi connectivity index (χ4v) is 5.45. The molecule has 168 valence electrons. The van der Waals surface area contributed by atoms with Crippen molar-refractivity contribution in [2.75, 3.05) is 32.8 Å². The monoisotopic (exact) mass is 418 g/mol. The molecule has 3 rings (SSSR count). The Labute approximate surface area is 181 Å². The zero-order valence-electron chi connectivity index (χ0n) is 18.7. The maximum Gasteiger partial charge on any atom is 0.410 e. The number of ether oxygens (including phenoxy) is 1. The van der Waals surface area contributed by atoms with Crippen LogP contribution in [0.4, 0.5) is 9.59 Å². The number of nitrogens with zero attached hydrogens (tertiary/aromatic N) is 3. The Kier molecular flexibility index (Phi) is 7.87. The number of carbonyl (C=O) groups excluding carboxylic acids is 2. The van der Waals surface area contributed by atoms with Gasteiger partial charge in [0.15, 0.2) is 6.61 Å². The highest BCUT2D eigenvalue weighted by Crippen LogP contribution is 2.34. The Morgan fingerprint density at radius 3 is 2.20 bits per heavy atom. The molecule has 3 fully saturated rings. The average molecular weight is 419 g/mol. The number of carbonyl (C=O) groups is 2. The number of urea groups is 1. The van der Waals surface area contributed by atoms with Crippen molar-refractivity contribution in [1.82, 2.24) is 14.7 Å². The van der Waals surface area contributed by atoms with Crippen LogP contribution in [0.3, 0.4) is 0 Å². The molecule has 2 N–H and O–H groups in total. The molecule has 0 aromatic carbocycles. The van der Waals surface area contributed by atoms with E-state index in [4.69, 9.17) is 10.5 Å². The molecule has 3 aliphatic rings. The van der Waals surface area contributed by atoms with E-state index in [-0.39, 0.29) is 30.3 Å². The third kappa shape index (κ3) is 5.40. The van der Waals surface area contributed by atoms with E-state index in [2.05, 4.69) is 23.7 Å². The van der Waals surface area contributed by atoms with E-state index in [1.165, 1.54) is 19.3 Å². The molecule has 0 atom stereocenters. The maximum atomic E-state index is 12.2. The Bertz CT molecular complexity index is 649. The van der Waals surface area contributed by atoms with Crippen molar-refractivity contribution in [3.05, 3.63) is 0 Å². The highest BCUT2D eigenvalue weighted by molar-refractivity contribution is 5.72. The van der Waals surface area contributed by atoms with Gasteiger partial charge >= 0.3 is 12.1 Å². The summed E-state index contributed by atoms with van der Waals surface area (Å²) in [5.74, 6) is 5.50. The van der Waals surface area contributed by atoms with Crippen molar-refractivity contribution in [3.8, 4) is 11.8 Å². The van der Waals surface area contributed by atoms with Gasteiger partial charge in [0.05, 0.1) is 0 Å². The summed E-state index contributed by atoms with van der Waals surface area (Å²) in [6.07, 6.45) is 9.45. The Morgan fingerprint density at radius 1 is 1.03 bits per heavy atom. The third-order valence-electron chi connectivity index (χ3n) is 7.39. The molecule has 0 unspecified atom stereocenters. The van der Waals surface area contributed by atoms with Gasteiger partial charge in [-0.2, -0.15) is 0 Å². The van der Waals surface area contributed by atoms with Crippen LogP contribution in [0, 0.1) is 11.8 Å². The minimum absolute atomic E-state index is 0.0906. The number of rotatable bonds is 4. The predicted octanol–water partition coefficient (Wildman–Crippen LogP) is 3.18. The summed E-state index contributed by atoms with van der Waals surface area (Å²) in [6, 6.07) is 0.348. The molecule has 7 heteroatoms. The van der Waals surface area contributed by atoms with Crippen molar-refractivity contribution in [2.45, 2.75) is 89.3 Å². The summed E-state index contributed by atoms with van der Waals surface area (Å²) in [6.45, 7) is 7.59. The van der Waals surface area contributed by atoms with Crippen molar-refractivity contribution in [1.29, 1.82) is 0 Å². The first kappa shape index (κ1) is 22.7. The van der Waals surface area contributed by atoms with E-state index in [9.17, 15) is 9.59 Å². The molecule has 1 saturated carbocycles. The molecule has 0 spiro atoms. The molecular formula is C23H38N4O3. The minimum Gasteiger partial charge on any atom is -0.436 e. The quantitative estimate of drug-likeness (QED) is 0.711. The molecule has 1 aliphatic carbocycles. The lowest BCUT2D eigenvalue weighted by molar-refractivity contribution is -0.000586. The number of amides is 3. The van der Waals surface area contributed by atoms with Gasteiger partial charge in [0, 0.05) is 43.8 Å². The second-order valence-electron chi connectivity index (χ2n) is 9.22. The highest BCUT2D eigenvalue weighted by atomic mass is 16.6. The van der Waals surface area contributed by atoms with E-state index >= 15 is 0 Å². The molecule has 30 heavy (non-hydrogen) atoms. The number of hydrogen-bond donors (Lipinski definition) is 1. The molecule has 3 amide bonds. The third-order valence-corrected chi connectivity index (χ3v) is 7.39. The van der Waals surface area contributed by atoms with E-state index in [1.54, 1.807) is 11.8 Å². The van der Waals surface area contributed by atoms with E-state index in [0.717, 1.165) is 51.6 Å². The zero-order chi connectivity index (χ0) is 21.6. The van der Waals surface area contributed by atoms with Crippen molar-refractivity contribution in [3.63, 3.8) is 0 Å². The van der Waals surface area contributed by atoms with Gasteiger partial charge in [-0.15, -0.1) is 5.92 Å². The standard InChI is InChI=1S/C23H38N4O3/c1-3-4-18-30-22(29)25-16-12-23(2,13-17-25)26-14-10-20(11-15-26)27(21(24)28)19-8-6-5-7-9-19/h19-20H,5-18H2,1-2H3,(H2,24,28). The number of likely N-dealkylation sites (tertiary alicyclic amines) is 2. The lowest BCUT2D eigenvalue weighted by atomic mass is 9.85. The lowest BCUT2D eigenvalue weighted by Crippen LogP contribution is -2.59. The number of primary amides is 1. The van der Waals surface area contributed by atoms with Crippen LogP contribution in [-0.4, -0.2) is 77.2 Å². The first-order valence-corrected chi connectivity index (χ1v) is 11.6. The van der Waals surface area contributed by atoms with Crippen molar-refractivity contribution < 1.29 is 14.3 Å². The highest BCUT2D eigenvalue weighted by Gasteiger charge is 2.40. The van der Waals surface area contributed by atoms with Crippen LogP contribution in [0.2, 0.25) is 0 Å². The van der Waals surface area contributed by atoms with Crippen LogP contribution in [0.15, 0.2) is 0 Å². The summed E-state index contributed by atoms with van der Waals surface area (Å²) in [4.78, 5) is 30.8. The maximum absolute atomic E-state index is 12.2. The van der Waals surface area contributed by atoms with E-state index in [0.29, 0.717) is 19.1 Å². The molecule has 0 aromatic heterocycles. The van der Waals surface area contributed by atoms with Crippen LogP contribution in [-0.2, 0) is 4.74 Å². The van der Waals surface area contributed by atoms with Crippen LogP contribution < -0.4 is 5.73 Å². The molecule has 7 nitrogen and oxygen atoms in total. The van der Waals surface area contributed by atoms with Crippen LogP contribution >= 0.6 is 0 Å². The van der Waals surface area contributed by atoms with Gasteiger partial charge in [-0.1, -0.05) is 25.2 Å². The van der Waals surface area contributed by atoms with Crippen LogP contribution in [0.25, 0.3) is 0 Å². The Balaban J connectivity index is 1.50. The van der Waals surface area contributed by atoms with E-state index in [1.807, 2.05) is 4.90 Å². The van der Waals surface area contributed by atoms with Gasteiger partial charge in [-0.05, 0) is 52.4 Å². The summed E-state index contributed by atoms with van der Waals surface area (Å²) in [5.41, 5.74) is 5.90. The lowest BCUT2D eigenvalue weighted by Gasteiger charge is -2.50. The summed E-state index contributed by atoms with van der Waals surface area (Å²) >= 11 is 0. The van der Waals surface area contributed by atoms with Crippen LogP contribution in [0.1, 0.15) is 71.6 Å². The molecule has 2 aliphatic heterocycles. The van der Waals surface area contributed by atoms with Gasteiger partial charge in [0.1, 0.15) is 0 Å². The molecule has 2 saturated heterocycles. The van der Waals surface area contributed by atoms with Crippen molar-refractivity contribution in [2.24, 2.45) is 5.73 Å². The smallest absolute Gasteiger partial charge is 0.410 e. The number of piperidine rings is 2. The fraction of sp³-hybridized carbons (Fsp3) is 0.826. The Hall–Kier alpha value is -1.94. The van der Waals surface area contributed by atoms with Gasteiger partial charge in [-0.3, -0.25) is 4.90 Å². The minimum atomic E-state index is -0.261. The fourth-order valence-electron chi connectivity index (χ4n) is 5.45. The molecular weight excluding hydrogens is 380 g/mol. The summed E-state index contributed by atoms with van der Waals surface area (Å²) in [5, 5.41) is 0. The predicted molar refractivity (Wildman–Crippen MR) is 117 cm³/mol. The zero-order valence-corrected chi connectivity index (χ0v) is 18.7. The normalized spacial score (nSPS) is 23.3. The SMILES string of the molecule is CC#CCOC(=O)N1CCC(C)(N2CCC(N(C(N)=O)C3CCCCC3)CC2)CC1. The second-order valence-corrected chi connectivity index (χ2v) is 9.22.